The van der Waals surface area contributed by atoms with Crippen LogP contribution in [0.25, 0.3) is 0 Å². The lowest BCUT2D eigenvalue weighted by molar-refractivity contribution is -0.121. The van der Waals surface area contributed by atoms with Gasteiger partial charge in [0, 0.05) is 42.8 Å². The number of aromatic amines is 1. The van der Waals surface area contributed by atoms with Crippen LogP contribution >= 0.6 is 0 Å². The van der Waals surface area contributed by atoms with Gasteiger partial charge in [-0.05, 0) is 26.7 Å². The molecule has 0 spiro atoms. The van der Waals surface area contributed by atoms with Crippen molar-refractivity contribution >= 4 is 11.7 Å². The molecule has 1 amide bonds. The molecular weight excluding hydrogens is 320 g/mol. The van der Waals surface area contributed by atoms with Gasteiger partial charge in [-0.25, -0.2) is 9.97 Å². The number of carbonyl (C=O) groups is 1. The number of hydrogen-bond donors (Lipinski definition) is 2. The van der Waals surface area contributed by atoms with Crippen molar-refractivity contribution in [2.45, 2.75) is 39.2 Å². The zero-order valence-electron chi connectivity index (χ0n) is 14.5. The molecule has 3 rings (SSSR count). The van der Waals surface area contributed by atoms with Crippen molar-refractivity contribution in [3.8, 4) is 0 Å². The number of rotatable bonds is 4. The fourth-order valence-corrected chi connectivity index (χ4v) is 3.16. The SMILES string of the molecule is Cc1nc(C)c(CC(=O)N[C@H]2CCCN(c3cnccn3)C2)c(=O)[nH]1. The van der Waals surface area contributed by atoms with Crippen LogP contribution < -0.4 is 15.8 Å². The summed E-state index contributed by atoms with van der Waals surface area (Å²) in [6.07, 6.45) is 6.94. The Kier molecular flexibility index (Phi) is 5.06. The van der Waals surface area contributed by atoms with Crippen LogP contribution in [-0.4, -0.2) is 45.0 Å². The molecule has 25 heavy (non-hydrogen) atoms. The highest BCUT2D eigenvalue weighted by molar-refractivity contribution is 5.79. The van der Waals surface area contributed by atoms with Crippen molar-refractivity contribution in [1.29, 1.82) is 0 Å². The molecule has 0 bridgehead atoms. The number of nitrogens with one attached hydrogen (secondary N) is 2. The van der Waals surface area contributed by atoms with Gasteiger partial charge < -0.3 is 15.2 Å². The van der Waals surface area contributed by atoms with Gasteiger partial charge >= 0.3 is 0 Å². The number of piperidine rings is 1. The fourth-order valence-electron chi connectivity index (χ4n) is 3.16. The predicted molar refractivity (Wildman–Crippen MR) is 93.4 cm³/mol. The molecule has 2 aromatic heterocycles. The monoisotopic (exact) mass is 342 g/mol. The molecule has 8 heteroatoms. The minimum absolute atomic E-state index is 0.0288. The molecule has 0 aromatic carbocycles. The van der Waals surface area contributed by atoms with E-state index in [2.05, 4.69) is 30.2 Å². The van der Waals surface area contributed by atoms with Crippen LogP contribution in [0.2, 0.25) is 0 Å². The Morgan fingerprint density at radius 3 is 2.96 bits per heavy atom. The van der Waals surface area contributed by atoms with Gasteiger partial charge in [-0.1, -0.05) is 0 Å². The second-order valence-electron chi connectivity index (χ2n) is 6.31. The number of nitrogens with zero attached hydrogens (tertiary/aromatic N) is 4. The normalized spacial score (nSPS) is 17.4. The van der Waals surface area contributed by atoms with E-state index in [9.17, 15) is 9.59 Å². The highest BCUT2D eigenvalue weighted by Crippen LogP contribution is 2.16. The Morgan fingerprint density at radius 2 is 2.24 bits per heavy atom. The third kappa shape index (κ3) is 4.20. The van der Waals surface area contributed by atoms with Gasteiger partial charge in [0.25, 0.3) is 5.56 Å². The van der Waals surface area contributed by atoms with Crippen LogP contribution in [0.3, 0.4) is 0 Å². The van der Waals surface area contributed by atoms with Crippen molar-refractivity contribution in [1.82, 2.24) is 25.3 Å². The number of hydrogen-bond acceptors (Lipinski definition) is 6. The predicted octanol–water partition coefficient (Wildman–Crippen LogP) is 0.504. The summed E-state index contributed by atoms with van der Waals surface area (Å²) in [5.41, 5.74) is 0.774. The number of carbonyl (C=O) groups excluding carboxylic acids is 1. The van der Waals surface area contributed by atoms with Gasteiger partial charge in [0.05, 0.1) is 12.6 Å². The van der Waals surface area contributed by atoms with Crippen LogP contribution in [0.4, 0.5) is 5.82 Å². The van der Waals surface area contributed by atoms with Crippen LogP contribution in [0, 0.1) is 13.8 Å². The largest absolute Gasteiger partial charge is 0.353 e. The second-order valence-corrected chi connectivity index (χ2v) is 6.31. The molecule has 0 radical (unpaired) electrons. The Labute approximate surface area is 145 Å². The highest BCUT2D eigenvalue weighted by atomic mass is 16.2. The van der Waals surface area contributed by atoms with Gasteiger partial charge in [-0.2, -0.15) is 0 Å². The molecule has 3 heterocycles. The van der Waals surface area contributed by atoms with Gasteiger partial charge in [0.1, 0.15) is 11.6 Å². The van der Waals surface area contributed by atoms with Gasteiger partial charge in [-0.15, -0.1) is 0 Å². The van der Waals surface area contributed by atoms with Crippen LogP contribution in [0.1, 0.15) is 29.9 Å². The minimum atomic E-state index is -0.245. The Balaban J connectivity index is 1.62. The van der Waals surface area contributed by atoms with E-state index in [0.717, 1.165) is 25.2 Å². The topological polar surface area (TPSA) is 104 Å². The van der Waals surface area contributed by atoms with E-state index in [1.54, 1.807) is 32.4 Å². The van der Waals surface area contributed by atoms with E-state index in [1.807, 2.05) is 0 Å². The average molecular weight is 342 g/mol. The summed E-state index contributed by atoms with van der Waals surface area (Å²) < 4.78 is 0. The molecule has 1 aliphatic rings. The Bertz CT molecular complexity index is 805. The molecule has 0 saturated carbocycles. The molecule has 2 N–H and O–H groups in total. The Morgan fingerprint density at radius 1 is 1.40 bits per heavy atom. The summed E-state index contributed by atoms with van der Waals surface area (Å²) in [6.45, 7) is 5.06. The first-order chi connectivity index (χ1) is 12.0. The lowest BCUT2D eigenvalue weighted by Gasteiger charge is -2.33. The van der Waals surface area contributed by atoms with Crippen molar-refractivity contribution in [3.05, 3.63) is 46.0 Å². The summed E-state index contributed by atoms with van der Waals surface area (Å²) in [7, 11) is 0. The maximum atomic E-state index is 12.4. The van der Waals surface area contributed by atoms with Crippen molar-refractivity contribution < 1.29 is 4.79 Å². The first kappa shape index (κ1) is 17.1. The summed E-state index contributed by atoms with van der Waals surface area (Å²) in [5, 5.41) is 3.03. The molecule has 0 aliphatic carbocycles. The van der Waals surface area contributed by atoms with Crippen LogP contribution in [-0.2, 0) is 11.2 Å². The summed E-state index contributed by atoms with van der Waals surface area (Å²) in [4.78, 5) is 41.8. The molecule has 1 saturated heterocycles. The average Bonchev–Trinajstić information content (AvgIpc) is 2.59. The fraction of sp³-hybridized carbons (Fsp3) is 0.471. The standard InChI is InChI=1S/C17H22N6O2/c1-11-14(17(25)21-12(2)20-11)8-16(24)22-13-4-3-7-23(10-13)15-9-18-5-6-19-15/h5-6,9,13H,3-4,7-8,10H2,1-2H3,(H,22,24)(H,20,21,25)/t13-/m0/s1. The lowest BCUT2D eigenvalue weighted by atomic mass is 10.0. The van der Waals surface area contributed by atoms with Gasteiger partial charge in [-0.3, -0.25) is 14.6 Å². The van der Waals surface area contributed by atoms with E-state index >= 15 is 0 Å². The van der Waals surface area contributed by atoms with E-state index in [-0.39, 0.29) is 23.9 Å². The maximum Gasteiger partial charge on any atom is 0.254 e. The summed E-state index contributed by atoms with van der Waals surface area (Å²) >= 11 is 0. The summed E-state index contributed by atoms with van der Waals surface area (Å²) in [6, 6.07) is 0.0288. The van der Waals surface area contributed by atoms with E-state index in [4.69, 9.17) is 0 Å². The van der Waals surface area contributed by atoms with Crippen molar-refractivity contribution in [2.75, 3.05) is 18.0 Å². The molecule has 132 valence electrons. The molecular formula is C17H22N6O2. The van der Waals surface area contributed by atoms with Gasteiger partial charge in [0.2, 0.25) is 5.91 Å². The van der Waals surface area contributed by atoms with Crippen LogP contribution in [0.5, 0.6) is 0 Å². The summed E-state index contributed by atoms with van der Waals surface area (Å²) in [5.74, 6) is 1.21. The minimum Gasteiger partial charge on any atom is -0.353 e. The number of aryl methyl sites for hydroxylation is 2. The van der Waals surface area contributed by atoms with E-state index < -0.39 is 0 Å². The van der Waals surface area contributed by atoms with Crippen molar-refractivity contribution in [2.24, 2.45) is 0 Å². The van der Waals surface area contributed by atoms with E-state index in [0.29, 0.717) is 23.6 Å². The molecule has 8 nitrogen and oxygen atoms in total. The van der Waals surface area contributed by atoms with Crippen molar-refractivity contribution in [3.63, 3.8) is 0 Å². The third-order valence-electron chi connectivity index (χ3n) is 4.34. The first-order valence-electron chi connectivity index (χ1n) is 8.39. The maximum absolute atomic E-state index is 12.4. The second kappa shape index (κ2) is 7.42. The zero-order valence-corrected chi connectivity index (χ0v) is 14.5. The van der Waals surface area contributed by atoms with E-state index in [1.165, 1.54) is 0 Å². The van der Waals surface area contributed by atoms with Crippen LogP contribution in [0.15, 0.2) is 23.4 Å². The quantitative estimate of drug-likeness (QED) is 0.839. The zero-order chi connectivity index (χ0) is 17.8. The number of amides is 1. The number of H-pyrrole nitrogens is 1. The smallest absolute Gasteiger partial charge is 0.254 e. The lowest BCUT2D eigenvalue weighted by Crippen LogP contribution is -2.48. The molecule has 2 aromatic rings. The first-order valence-corrected chi connectivity index (χ1v) is 8.39. The Hall–Kier alpha value is -2.77. The van der Waals surface area contributed by atoms with Gasteiger partial charge in [0.15, 0.2) is 0 Å². The third-order valence-corrected chi connectivity index (χ3v) is 4.34. The molecule has 1 fully saturated rings. The molecule has 0 unspecified atom stereocenters. The molecule has 1 aliphatic heterocycles. The number of anilines is 1. The molecule has 1 atom stereocenters. The highest BCUT2D eigenvalue weighted by Gasteiger charge is 2.23. The number of aromatic nitrogens is 4.